The van der Waals surface area contributed by atoms with Crippen LogP contribution in [0.4, 0.5) is 0 Å². The van der Waals surface area contributed by atoms with Crippen molar-refractivity contribution >= 4 is 34.4 Å². The maximum atomic E-state index is 3.52. The lowest BCUT2D eigenvalue weighted by atomic mass is 10.1. The van der Waals surface area contributed by atoms with Gasteiger partial charge >= 0.3 is 0 Å². The number of benzene rings is 1. The van der Waals surface area contributed by atoms with Crippen LogP contribution in [0.1, 0.15) is 12.5 Å². The van der Waals surface area contributed by atoms with Gasteiger partial charge in [0.05, 0.1) is 0 Å². The molecule has 84 valence electrons. The Bertz CT molecular complexity index is 267. The Kier molecular flexibility index (Phi) is 6.68. The monoisotopic (exact) mass is 335 g/mol. The fourth-order valence-corrected chi connectivity index (χ4v) is 2.58. The quantitative estimate of drug-likeness (QED) is 0.802. The summed E-state index contributed by atoms with van der Waals surface area (Å²) in [5.74, 6) is 1.18. The molecule has 1 rings (SSSR count). The molecule has 1 N–H and O–H groups in total. The molecule has 0 aromatic heterocycles. The molecule has 0 saturated heterocycles. The summed E-state index contributed by atoms with van der Waals surface area (Å²) in [6, 6.07) is 9.42. The first-order chi connectivity index (χ1) is 7.26. The van der Waals surface area contributed by atoms with Crippen molar-refractivity contribution in [1.29, 1.82) is 0 Å². The number of nitrogens with one attached hydrogen (secondary N) is 1. The molecule has 1 nitrogen and oxygen atoms in total. The fourth-order valence-electron chi connectivity index (χ4n) is 1.58. The zero-order valence-corrected chi connectivity index (χ0v) is 12.3. The largest absolute Gasteiger partial charge is 0.313 e. The number of hydrogen-bond acceptors (Lipinski definition) is 2. The third kappa shape index (κ3) is 5.22. The van der Waals surface area contributed by atoms with Crippen molar-refractivity contribution in [1.82, 2.24) is 5.32 Å². The maximum absolute atomic E-state index is 3.52. The molecular formula is C12H18INS. The summed E-state index contributed by atoms with van der Waals surface area (Å²) in [5.41, 5.74) is 1.43. The van der Waals surface area contributed by atoms with Crippen molar-refractivity contribution in [2.24, 2.45) is 0 Å². The highest BCUT2D eigenvalue weighted by Crippen LogP contribution is 2.10. The zero-order valence-electron chi connectivity index (χ0n) is 9.29. The Morgan fingerprint density at radius 2 is 2.00 bits per heavy atom. The van der Waals surface area contributed by atoms with E-state index in [0.717, 1.165) is 13.0 Å². The number of thioether (sulfide) groups is 1. The summed E-state index contributed by atoms with van der Waals surface area (Å²) in [5, 5.41) is 3.52. The van der Waals surface area contributed by atoms with Crippen LogP contribution in [-0.4, -0.2) is 24.6 Å². The molecular weight excluding hydrogens is 317 g/mol. The third-order valence-electron chi connectivity index (χ3n) is 2.26. The second-order valence-corrected chi connectivity index (χ2v) is 5.70. The van der Waals surface area contributed by atoms with Gasteiger partial charge < -0.3 is 5.32 Å². The van der Waals surface area contributed by atoms with E-state index in [-0.39, 0.29) is 0 Å². The van der Waals surface area contributed by atoms with Crippen molar-refractivity contribution < 1.29 is 0 Å². The average Bonchev–Trinajstić information content (AvgIpc) is 2.22. The Balaban J connectivity index is 2.53. The predicted molar refractivity (Wildman–Crippen MR) is 78.7 cm³/mol. The van der Waals surface area contributed by atoms with Crippen LogP contribution in [0.5, 0.6) is 0 Å². The lowest BCUT2D eigenvalue weighted by Crippen LogP contribution is -2.33. The van der Waals surface area contributed by atoms with Crippen LogP contribution in [0.15, 0.2) is 24.3 Å². The van der Waals surface area contributed by atoms with Crippen LogP contribution < -0.4 is 5.32 Å². The molecule has 1 aromatic carbocycles. The molecule has 0 aliphatic rings. The zero-order chi connectivity index (χ0) is 11.1. The van der Waals surface area contributed by atoms with Crippen molar-refractivity contribution in [3.05, 3.63) is 33.4 Å². The Hall–Kier alpha value is 0.260. The molecule has 0 fully saturated rings. The lowest BCUT2D eigenvalue weighted by Gasteiger charge is -2.16. The van der Waals surface area contributed by atoms with E-state index in [9.17, 15) is 0 Å². The van der Waals surface area contributed by atoms with Crippen LogP contribution in [0.3, 0.4) is 0 Å². The SMILES string of the molecule is CCNC(CSC)Cc1ccc(I)cc1. The highest BCUT2D eigenvalue weighted by molar-refractivity contribution is 14.1. The summed E-state index contributed by atoms with van der Waals surface area (Å²) in [6.07, 6.45) is 3.30. The van der Waals surface area contributed by atoms with E-state index in [1.54, 1.807) is 0 Å². The fraction of sp³-hybridized carbons (Fsp3) is 0.500. The maximum Gasteiger partial charge on any atom is 0.0198 e. The van der Waals surface area contributed by atoms with Gasteiger partial charge in [-0.15, -0.1) is 0 Å². The summed E-state index contributed by atoms with van der Waals surface area (Å²) >= 11 is 4.25. The number of likely N-dealkylation sites (N-methyl/N-ethyl adjacent to an activating group) is 1. The summed E-state index contributed by atoms with van der Waals surface area (Å²) in [7, 11) is 0. The van der Waals surface area contributed by atoms with E-state index in [4.69, 9.17) is 0 Å². The van der Waals surface area contributed by atoms with Crippen molar-refractivity contribution in [3.8, 4) is 0 Å². The average molecular weight is 335 g/mol. The van der Waals surface area contributed by atoms with Crippen LogP contribution in [0.2, 0.25) is 0 Å². The smallest absolute Gasteiger partial charge is 0.0198 e. The Labute approximate surface area is 111 Å². The number of hydrogen-bond donors (Lipinski definition) is 1. The van der Waals surface area contributed by atoms with E-state index in [1.807, 2.05) is 11.8 Å². The minimum absolute atomic E-state index is 0.602. The van der Waals surface area contributed by atoms with Crippen molar-refractivity contribution in [2.45, 2.75) is 19.4 Å². The third-order valence-corrected chi connectivity index (χ3v) is 3.71. The van der Waals surface area contributed by atoms with Crippen molar-refractivity contribution in [3.63, 3.8) is 0 Å². The van der Waals surface area contributed by atoms with Gasteiger partial charge in [-0.1, -0.05) is 19.1 Å². The molecule has 3 heteroatoms. The molecule has 0 aliphatic heterocycles. The number of halogens is 1. The van der Waals surface area contributed by atoms with Gasteiger partial charge in [0.25, 0.3) is 0 Å². The first-order valence-corrected chi connectivity index (χ1v) is 7.70. The van der Waals surface area contributed by atoms with Gasteiger partial charge in [0.1, 0.15) is 0 Å². The Morgan fingerprint density at radius 1 is 1.33 bits per heavy atom. The lowest BCUT2D eigenvalue weighted by molar-refractivity contribution is 0.573. The van der Waals surface area contributed by atoms with Gasteiger partial charge in [0.15, 0.2) is 0 Å². The topological polar surface area (TPSA) is 12.0 Å². The summed E-state index contributed by atoms with van der Waals surface area (Å²) in [6.45, 7) is 3.22. The molecule has 1 aromatic rings. The second kappa shape index (κ2) is 7.52. The Morgan fingerprint density at radius 3 is 2.53 bits per heavy atom. The van der Waals surface area contributed by atoms with Gasteiger partial charge in [0.2, 0.25) is 0 Å². The molecule has 0 heterocycles. The standard InChI is InChI=1S/C12H18INS/c1-3-14-12(9-15-2)8-10-4-6-11(13)7-5-10/h4-7,12,14H,3,8-9H2,1-2H3. The van der Waals surface area contributed by atoms with E-state index < -0.39 is 0 Å². The van der Waals surface area contributed by atoms with Crippen LogP contribution >= 0.6 is 34.4 Å². The molecule has 15 heavy (non-hydrogen) atoms. The molecule has 0 amide bonds. The normalized spacial score (nSPS) is 12.7. The number of rotatable bonds is 6. The predicted octanol–water partition coefficient (Wildman–Crippen LogP) is 3.17. The van der Waals surface area contributed by atoms with Crippen LogP contribution in [-0.2, 0) is 6.42 Å². The van der Waals surface area contributed by atoms with Crippen molar-refractivity contribution in [2.75, 3.05) is 18.6 Å². The van der Waals surface area contributed by atoms with E-state index in [1.165, 1.54) is 14.9 Å². The highest BCUT2D eigenvalue weighted by atomic mass is 127. The van der Waals surface area contributed by atoms with E-state index >= 15 is 0 Å². The molecule has 0 spiro atoms. The first kappa shape index (κ1) is 13.3. The van der Waals surface area contributed by atoms with Gasteiger partial charge in [-0.3, -0.25) is 0 Å². The molecule has 0 aliphatic carbocycles. The molecule has 0 bridgehead atoms. The first-order valence-electron chi connectivity index (χ1n) is 5.23. The summed E-state index contributed by atoms with van der Waals surface area (Å²) in [4.78, 5) is 0. The molecule has 0 radical (unpaired) electrons. The minimum Gasteiger partial charge on any atom is -0.313 e. The molecule has 0 saturated carbocycles. The summed E-state index contributed by atoms with van der Waals surface area (Å²) < 4.78 is 1.31. The van der Waals surface area contributed by atoms with Gasteiger partial charge in [-0.25, -0.2) is 0 Å². The van der Waals surface area contributed by atoms with Crippen LogP contribution in [0, 0.1) is 3.57 Å². The molecule has 1 atom stereocenters. The van der Waals surface area contributed by atoms with E-state index in [2.05, 4.69) is 65.4 Å². The highest BCUT2D eigenvalue weighted by Gasteiger charge is 2.06. The minimum atomic E-state index is 0.602. The van der Waals surface area contributed by atoms with Gasteiger partial charge in [-0.2, -0.15) is 11.8 Å². The van der Waals surface area contributed by atoms with Gasteiger partial charge in [0, 0.05) is 15.4 Å². The van der Waals surface area contributed by atoms with Crippen LogP contribution in [0.25, 0.3) is 0 Å². The van der Waals surface area contributed by atoms with E-state index in [0.29, 0.717) is 6.04 Å². The second-order valence-electron chi connectivity index (χ2n) is 3.54. The molecule has 1 unspecified atom stereocenters. The van der Waals surface area contributed by atoms with Gasteiger partial charge in [-0.05, 0) is 59.5 Å².